The molecule has 0 saturated carbocycles. The summed E-state index contributed by atoms with van der Waals surface area (Å²) in [4.78, 5) is 25.8. The van der Waals surface area contributed by atoms with Gasteiger partial charge in [-0.1, -0.05) is 0 Å². The van der Waals surface area contributed by atoms with E-state index in [1.807, 2.05) is 20.8 Å². The number of carbonyl (C=O) groups excluding carboxylic acids is 2. The molecule has 1 saturated heterocycles. The summed E-state index contributed by atoms with van der Waals surface area (Å²) in [5.41, 5.74) is 0.804. The first-order valence-corrected chi connectivity index (χ1v) is 12.5. The predicted octanol–water partition coefficient (Wildman–Crippen LogP) is 4.54. The molecule has 0 bridgehead atoms. The van der Waals surface area contributed by atoms with Crippen LogP contribution in [0.25, 0.3) is 0 Å². The van der Waals surface area contributed by atoms with Gasteiger partial charge in [0.25, 0.3) is 0 Å². The van der Waals surface area contributed by atoms with Crippen LogP contribution in [0.5, 0.6) is 0 Å². The minimum Gasteiger partial charge on any atom is -0.453 e. The Bertz CT molecular complexity index is 785. The molecule has 1 unspecified atom stereocenters. The molecule has 11 heteroatoms. The van der Waals surface area contributed by atoms with Gasteiger partial charge in [-0.05, 0) is 58.2 Å². The maximum atomic E-state index is 12.6. The van der Waals surface area contributed by atoms with Gasteiger partial charge in [-0.25, -0.2) is 14.7 Å². The fraction of sp³-hybridized carbons (Fsp3) is 0.600. The molecule has 0 aliphatic carbocycles. The zero-order valence-corrected chi connectivity index (χ0v) is 20.5. The number of halogens is 1. The average Bonchev–Trinajstić information content (AvgIpc) is 2.71. The van der Waals surface area contributed by atoms with Crippen molar-refractivity contribution in [1.29, 1.82) is 0 Å². The van der Waals surface area contributed by atoms with E-state index in [0.717, 1.165) is 24.3 Å². The normalized spacial score (nSPS) is 16.4. The Labute approximate surface area is 192 Å². The van der Waals surface area contributed by atoms with Crippen molar-refractivity contribution < 1.29 is 27.3 Å². The van der Waals surface area contributed by atoms with E-state index in [2.05, 4.69) is 15.4 Å². The SMILES string of the molecule is COC(=O)Nc1ccc(NCC2CCCCN2C(=O)OC(C)(C)C)c(N(O)CI=O)c1. The van der Waals surface area contributed by atoms with E-state index in [9.17, 15) is 17.9 Å². The third kappa shape index (κ3) is 7.80. The highest BCUT2D eigenvalue weighted by Crippen LogP contribution is 2.30. The van der Waals surface area contributed by atoms with Crippen LogP contribution in [0.15, 0.2) is 18.2 Å². The second kappa shape index (κ2) is 11.5. The van der Waals surface area contributed by atoms with Gasteiger partial charge in [0.15, 0.2) is 21.2 Å². The van der Waals surface area contributed by atoms with Crippen LogP contribution in [0.4, 0.5) is 26.7 Å². The Morgan fingerprint density at radius 2 is 2.06 bits per heavy atom. The third-order valence-corrected chi connectivity index (χ3v) is 5.58. The van der Waals surface area contributed by atoms with Crippen molar-refractivity contribution in [2.24, 2.45) is 0 Å². The first kappa shape index (κ1) is 25.1. The highest BCUT2D eigenvalue weighted by atomic mass is 127. The molecule has 1 aliphatic rings. The number of likely N-dealkylation sites (tertiary alicyclic amines) is 1. The van der Waals surface area contributed by atoms with Crippen LogP contribution in [0.3, 0.4) is 0 Å². The summed E-state index contributed by atoms with van der Waals surface area (Å²) < 4.78 is 21.2. The van der Waals surface area contributed by atoms with Crippen molar-refractivity contribution >= 4 is 50.4 Å². The molecule has 3 N–H and O–H groups in total. The van der Waals surface area contributed by atoms with Gasteiger partial charge in [-0.3, -0.25) is 13.6 Å². The second-order valence-electron chi connectivity index (χ2n) is 8.18. The summed E-state index contributed by atoms with van der Waals surface area (Å²) in [6.45, 7) is 6.60. The molecule has 1 aromatic rings. The van der Waals surface area contributed by atoms with Crippen molar-refractivity contribution in [2.75, 3.05) is 40.4 Å². The molecular formula is C20H31IN4O6. The number of hydrogen-bond donors (Lipinski definition) is 3. The number of piperidine rings is 1. The fourth-order valence-corrected chi connectivity index (χ4v) is 3.88. The molecule has 1 aliphatic heterocycles. The summed E-state index contributed by atoms with van der Waals surface area (Å²) >= 11 is -1.44. The Morgan fingerprint density at radius 3 is 2.71 bits per heavy atom. The van der Waals surface area contributed by atoms with Crippen LogP contribution in [0, 0.1) is 0 Å². The lowest BCUT2D eigenvalue weighted by Gasteiger charge is -2.37. The van der Waals surface area contributed by atoms with Crippen LogP contribution >= 0.6 is 21.2 Å². The molecule has 0 aromatic heterocycles. The molecular weight excluding hydrogens is 519 g/mol. The molecule has 1 heterocycles. The number of alkyl halides is 1. The molecule has 0 radical (unpaired) electrons. The minimum atomic E-state index is -1.44. The van der Waals surface area contributed by atoms with Gasteiger partial charge in [0.2, 0.25) is 0 Å². The number of hydrogen-bond acceptors (Lipinski definition) is 8. The maximum Gasteiger partial charge on any atom is 0.411 e. The first-order valence-electron chi connectivity index (χ1n) is 10.0. The van der Waals surface area contributed by atoms with Gasteiger partial charge in [0.05, 0.1) is 24.5 Å². The number of hydroxylamine groups is 1. The lowest BCUT2D eigenvalue weighted by atomic mass is 10.0. The summed E-state index contributed by atoms with van der Waals surface area (Å²) in [5, 5.41) is 17.0. The molecule has 174 valence electrons. The standard InChI is InChI=1S/C20H31IN4O6/c1-20(2,3)31-19(27)24-10-6-5-7-15(24)12-22-16-9-8-14(23-18(26)30-4)11-17(16)25(29)13-21-28/h8-9,11,15,22,29H,5-7,10,12-13H2,1-4H3,(H,23,26). The van der Waals surface area contributed by atoms with E-state index in [1.54, 1.807) is 23.1 Å². The van der Waals surface area contributed by atoms with Gasteiger partial charge in [-0.15, -0.1) is 0 Å². The second-order valence-corrected chi connectivity index (χ2v) is 9.49. The van der Waals surface area contributed by atoms with Crippen molar-refractivity contribution in [3.63, 3.8) is 0 Å². The highest BCUT2D eigenvalue weighted by molar-refractivity contribution is 14.1. The van der Waals surface area contributed by atoms with E-state index in [0.29, 0.717) is 30.2 Å². The number of benzene rings is 1. The minimum absolute atomic E-state index is 0.0112. The molecule has 1 fully saturated rings. The Kier molecular flexibility index (Phi) is 9.29. The van der Waals surface area contributed by atoms with Crippen molar-refractivity contribution in [1.82, 2.24) is 4.90 Å². The average molecular weight is 550 g/mol. The van der Waals surface area contributed by atoms with Gasteiger partial charge in [0.1, 0.15) is 10.2 Å². The number of anilines is 3. The van der Waals surface area contributed by atoms with Crippen molar-refractivity contribution in [3.8, 4) is 0 Å². The number of nitrogens with zero attached hydrogens (tertiary/aromatic N) is 2. The lowest BCUT2D eigenvalue weighted by Crippen LogP contribution is -2.48. The van der Waals surface area contributed by atoms with Gasteiger partial charge in [0, 0.05) is 18.8 Å². The monoisotopic (exact) mass is 550 g/mol. The van der Waals surface area contributed by atoms with E-state index >= 15 is 0 Å². The number of nitrogens with one attached hydrogen (secondary N) is 2. The van der Waals surface area contributed by atoms with Gasteiger partial charge < -0.3 is 19.7 Å². The van der Waals surface area contributed by atoms with Crippen LogP contribution in [0.1, 0.15) is 40.0 Å². The Balaban J connectivity index is 2.16. The smallest absolute Gasteiger partial charge is 0.411 e. The summed E-state index contributed by atoms with van der Waals surface area (Å²) in [7, 11) is 1.26. The van der Waals surface area contributed by atoms with Crippen molar-refractivity contribution in [2.45, 2.75) is 51.7 Å². The van der Waals surface area contributed by atoms with Crippen LogP contribution in [-0.2, 0) is 12.5 Å². The zero-order valence-electron chi connectivity index (χ0n) is 18.3. The molecule has 10 nitrogen and oxygen atoms in total. The number of ether oxygens (including phenoxy) is 2. The van der Waals surface area contributed by atoms with Crippen LogP contribution in [-0.4, -0.2) is 58.7 Å². The third-order valence-electron chi connectivity index (χ3n) is 4.65. The highest BCUT2D eigenvalue weighted by Gasteiger charge is 2.30. The van der Waals surface area contributed by atoms with E-state index in [-0.39, 0.29) is 16.7 Å². The molecule has 1 aromatic carbocycles. The maximum absolute atomic E-state index is 12.6. The molecule has 2 rings (SSSR count). The van der Waals surface area contributed by atoms with Crippen LogP contribution in [0.2, 0.25) is 0 Å². The largest absolute Gasteiger partial charge is 0.453 e. The van der Waals surface area contributed by atoms with Gasteiger partial charge in [-0.2, -0.15) is 0 Å². The summed E-state index contributed by atoms with van der Waals surface area (Å²) in [6, 6.07) is 4.86. The fourth-order valence-electron chi connectivity index (χ4n) is 3.25. The van der Waals surface area contributed by atoms with E-state index in [4.69, 9.17) is 4.74 Å². The van der Waals surface area contributed by atoms with Crippen LogP contribution < -0.4 is 15.7 Å². The summed E-state index contributed by atoms with van der Waals surface area (Å²) in [5.74, 6) is 0. The Hall–Kier alpha value is -2.15. The zero-order chi connectivity index (χ0) is 23.0. The quantitative estimate of drug-likeness (QED) is 0.196. The lowest BCUT2D eigenvalue weighted by molar-refractivity contribution is 0.0114. The van der Waals surface area contributed by atoms with E-state index in [1.165, 1.54) is 7.11 Å². The predicted molar refractivity (Wildman–Crippen MR) is 125 cm³/mol. The number of amides is 2. The molecule has 0 spiro atoms. The van der Waals surface area contributed by atoms with Gasteiger partial charge >= 0.3 is 12.2 Å². The van der Waals surface area contributed by atoms with Crippen molar-refractivity contribution in [3.05, 3.63) is 18.2 Å². The summed E-state index contributed by atoms with van der Waals surface area (Å²) in [6.07, 6.45) is 1.79. The molecule has 1 atom stereocenters. The molecule has 2 amide bonds. The first-order chi connectivity index (χ1) is 14.6. The Morgan fingerprint density at radius 1 is 1.32 bits per heavy atom. The molecule has 31 heavy (non-hydrogen) atoms. The van der Waals surface area contributed by atoms with E-state index < -0.39 is 32.9 Å². The number of carbonyl (C=O) groups is 2. The topological polar surface area (TPSA) is 120 Å². The number of methoxy groups -OCH3 is 1. The number of rotatable bonds is 7.